The van der Waals surface area contributed by atoms with Crippen LogP contribution in [-0.2, 0) is 0 Å². The molecule has 1 atom stereocenters. The number of aromatic amines is 1. The highest BCUT2D eigenvalue weighted by atomic mass is 15.1. The molecule has 3 heteroatoms. The van der Waals surface area contributed by atoms with Crippen LogP contribution in [0.4, 0.5) is 5.95 Å². The highest BCUT2D eigenvalue weighted by Crippen LogP contribution is 2.10. The van der Waals surface area contributed by atoms with Crippen LogP contribution in [0.3, 0.4) is 0 Å². The molecule has 3 nitrogen and oxygen atoms in total. The molecule has 0 fully saturated rings. The van der Waals surface area contributed by atoms with Crippen molar-refractivity contribution in [1.82, 2.24) is 9.97 Å². The first kappa shape index (κ1) is 11.1. The zero-order valence-electron chi connectivity index (χ0n) is 9.59. The average Bonchev–Trinajstić information content (AvgIpc) is 2.48. The van der Waals surface area contributed by atoms with Crippen LogP contribution < -0.4 is 5.32 Å². The monoisotopic (exact) mass is 195 g/mol. The zero-order valence-corrected chi connectivity index (χ0v) is 9.59. The largest absolute Gasteiger partial charge is 0.353 e. The number of rotatable bonds is 5. The molecule has 0 aliphatic rings. The summed E-state index contributed by atoms with van der Waals surface area (Å²) in [5.74, 6) is 1.66. The van der Waals surface area contributed by atoms with E-state index in [0.717, 1.165) is 17.6 Å². The van der Waals surface area contributed by atoms with Crippen molar-refractivity contribution in [2.45, 2.75) is 46.6 Å². The molecule has 0 spiro atoms. The Labute approximate surface area is 86.3 Å². The smallest absolute Gasteiger partial charge is 0.200 e. The third-order valence-corrected chi connectivity index (χ3v) is 2.26. The molecule has 1 aromatic heterocycles. The van der Waals surface area contributed by atoms with Crippen molar-refractivity contribution >= 4 is 5.95 Å². The van der Waals surface area contributed by atoms with Gasteiger partial charge in [0.25, 0.3) is 0 Å². The van der Waals surface area contributed by atoms with Crippen LogP contribution in [0.5, 0.6) is 0 Å². The van der Waals surface area contributed by atoms with Gasteiger partial charge < -0.3 is 10.3 Å². The summed E-state index contributed by atoms with van der Waals surface area (Å²) in [6, 6.07) is 0.489. The Morgan fingerprint density at radius 1 is 1.36 bits per heavy atom. The predicted octanol–water partition coefficient (Wildman–Crippen LogP) is 2.95. The molecule has 2 N–H and O–H groups in total. The first-order valence-corrected chi connectivity index (χ1v) is 5.36. The molecule has 0 amide bonds. The Kier molecular flexibility index (Phi) is 3.98. The molecule has 80 valence electrons. The van der Waals surface area contributed by atoms with Gasteiger partial charge in [-0.25, -0.2) is 4.98 Å². The molecule has 0 radical (unpaired) electrons. The van der Waals surface area contributed by atoms with Gasteiger partial charge in [0, 0.05) is 17.9 Å². The van der Waals surface area contributed by atoms with Crippen LogP contribution in [0.25, 0.3) is 0 Å². The number of imidazole rings is 1. The lowest BCUT2D eigenvalue weighted by molar-refractivity contribution is 0.526. The lowest BCUT2D eigenvalue weighted by atomic mass is 10.0. The van der Waals surface area contributed by atoms with Gasteiger partial charge in [-0.05, 0) is 32.6 Å². The normalized spacial score (nSPS) is 13.2. The van der Waals surface area contributed by atoms with Crippen LogP contribution in [0.1, 0.15) is 39.3 Å². The quantitative estimate of drug-likeness (QED) is 0.758. The maximum absolute atomic E-state index is 4.22. The number of nitrogens with zero attached hydrogens (tertiary/aromatic N) is 1. The van der Waals surface area contributed by atoms with Crippen LogP contribution in [0, 0.1) is 12.8 Å². The summed E-state index contributed by atoms with van der Waals surface area (Å²) < 4.78 is 0. The summed E-state index contributed by atoms with van der Waals surface area (Å²) in [6.07, 6.45) is 4.29. The van der Waals surface area contributed by atoms with Gasteiger partial charge in [0.15, 0.2) is 5.95 Å². The summed E-state index contributed by atoms with van der Waals surface area (Å²) >= 11 is 0. The molecule has 14 heavy (non-hydrogen) atoms. The number of hydrogen-bond acceptors (Lipinski definition) is 2. The number of aromatic nitrogens is 2. The van der Waals surface area contributed by atoms with E-state index < -0.39 is 0 Å². The number of aryl methyl sites for hydroxylation is 1. The standard InChI is InChI=1S/C11H21N3/c1-8(2)5-6-9(3)13-11-12-7-10(4)14-11/h7-9H,5-6H2,1-4H3,(H2,12,13,14). The van der Waals surface area contributed by atoms with E-state index >= 15 is 0 Å². The van der Waals surface area contributed by atoms with Crippen molar-refractivity contribution in [1.29, 1.82) is 0 Å². The Morgan fingerprint density at radius 2 is 2.07 bits per heavy atom. The van der Waals surface area contributed by atoms with Crippen molar-refractivity contribution in [3.05, 3.63) is 11.9 Å². The molecule has 0 aliphatic heterocycles. The fourth-order valence-corrected chi connectivity index (χ4v) is 1.37. The van der Waals surface area contributed by atoms with Crippen LogP contribution in [-0.4, -0.2) is 16.0 Å². The number of H-pyrrole nitrogens is 1. The van der Waals surface area contributed by atoms with Gasteiger partial charge >= 0.3 is 0 Å². The maximum atomic E-state index is 4.22. The van der Waals surface area contributed by atoms with Crippen molar-refractivity contribution < 1.29 is 0 Å². The molecule has 1 heterocycles. The molecule has 0 saturated heterocycles. The van der Waals surface area contributed by atoms with Crippen LogP contribution >= 0.6 is 0 Å². The van der Waals surface area contributed by atoms with E-state index in [2.05, 4.69) is 36.1 Å². The van der Waals surface area contributed by atoms with E-state index in [1.807, 2.05) is 13.1 Å². The van der Waals surface area contributed by atoms with E-state index in [0.29, 0.717) is 6.04 Å². The molecule has 1 rings (SSSR count). The third-order valence-electron chi connectivity index (χ3n) is 2.26. The van der Waals surface area contributed by atoms with Gasteiger partial charge in [0.05, 0.1) is 0 Å². The van der Waals surface area contributed by atoms with Crippen LogP contribution in [0.2, 0.25) is 0 Å². The lowest BCUT2D eigenvalue weighted by Crippen LogP contribution is -2.16. The predicted molar refractivity (Wildman–Crippen MR) is 60.5 cm³/mol. The minimum atomic E-state index is 0.489. The summed E-state index contributed by atoms with van der Waals surface area (Å²) in [5, 5.41) is 3.35. The number of hydrogen-bond donors (Lipinski definition) is 2. The number of nitrogens with one attached hydrogen (secondary N) is 2. The fourth-order valence-electron chi connectivity index (χ4n) is 1.37. The van der Waals surface area contributed by atoms with E-state index in [9.17, 15) is 0 Å². The van der Waals surface area contributed by atoms with Crippen LogP contribution in [0.15, 0.2) is 6.20 Å². The zero-order chi connectivity index (χ0) is 10.6. The second kappa shape index (κ2) is 5.03. The van der Waals surface area contributed by atoms with E-state index in [4.69, 9.17) is 0 Å². The van der Waals surface area contributed by atoms with Crippen molar-refractivity contribution in [2.75, 3.05) is 5.32 Å². The van der Waals surface area contributed by atoms with E-state index in [1.165, 1.54) is 12.8 Å². The topological polar surface area (TPSA) is 40.7 Å². The Balaban J connectivity index is 2.30. The van der Waals surface area contributed by atoms with Gasteiger partial charge in [-0.2, -0.15) is 0 Å². The van der Waals surface area contributed by atoms with Gasteiger partial charge in [0.1, 0.15) is 0 Å². The van der Waals surface area contributed by atoms with E-state index in [1.54, 1.807) is 0 Å². The summed E-state index contributed by atoms with van der Waals surface area (Å²) in [6.45, 7) is 8.71. The average molecular weight is 195 g/mol. The third kappa shape index (κ3) is 3.81. The Hall–Kier alpha value is -0.990. The van der Waals surface area contributed by atoms with Gasteiger partial charge in [-0.3, -0.25) is 0 Å². The second-order valence-electron chi connectivity index (χ2n) is 4.43. The summed E-state index contributed by atoms with van der Waals surface area (Å²) in [4.78, 5) is 7.39. The second-order valence-corrected chi connectivity index (χ2v) is 4.43. The van der Waals surface area contributed by atoms with Crippen molar-refractivity contribution in [2.24, 2.45) is 5.92 Å². The van der Waals surface area contributed by atoms with Gasteiger partial charge in [-0.1, -0.05) is 13.8 Å². The van der Waals surface area contributed by atoms with Crippen molar-refractivity contribution in [3.63, 3.8) is 0 Å². The summed E-state index contributed by atoms with van der Waals surface area (Å²) in [5.41, 5.74) is 1.10. The minimum absolute atomic E-state index is 0.489. The molecule has 0 saturated carbocycles. The Morgan fingerprint density at radius 3 is 2.57 bits per heavy atom. The molecule has 0 bridgehead atoms. The first-order chi connectivity index (χ1) is 6.58. The molecule has 0 aromatic carbocycles. The first-order valence-electron chi connectivity index (χ1n) is 5.36. The molecule has 0 aliphatic carbocycles. The molecular formula is C11H21N3. The Bertz CT molecular complexity index is 265. The highest BCUT2D eigenvalue weighted by molar-refractivity contribution is 5.26. The van der Waals surface area contributed by atoms with Crippen molar-refractivity contribution in [3.8, 4) is 0 Å². The van der Waals surface area contributed by atoms with Gasteiger partial charge in [-0.15, -0.1) is 0 Å². The number of anilines is 1. The molecule has 1 unspecified atom stereocenters. The lowest BCUT2D eigenvalue weighted by Gasteiger charge is -2.13. The SMILES string of the molecule is Cc1cnc(NC(C)CCC(C)C)[nH]1. The van der Waals surface area contributed by atoms with Gasteiger partial charge in [0.2, 0.25) is 0 Å². The maximum Gasteiger partial charge on any atom is 0.200 e. The summed E-state index contributed by atoms with van der Waals surface area (Å²) in [7, 11) is 0. The highest BCUT2D eigenvalue weighted by Gasteiger charge is 2.05. The molecule has 1 aromatic rings. The fraction of sp³-hybridized carbons (Fsp3) is 0.727. The van der Waals surface area contributed by atoms with E-state index in [-0.39, 0.29) is 0 Å². The molecular weight excluding hydrogens is 174 g/mol. The minimum Gasteiger partial charge on any atom is -0.353 e.